The fourth-order valence-electron chi connectivity index (χ4n) is 2.15. The van der Waals surface area contributed by atoms with Gasteiger partial charge in [0.15, 0.2) is 0 Å². The van der Waals surface area contributed by atoms with Crippen LogP contribution in [0.3, 0.4) is 0 Å². The highest BCUT2D eigenvalue weighted by molar-refractivity contribution is 9.10. The van der Waals surface area contributed by atoms with Crippen molar-refractivity contribution in [1.82, 2.24) is 5.32 Å². The summed E-state index contributed by atoms with van der Waals surface area (Å²) in [5.41, 5.74) is 3.40. The lowest BCUT2D eigenvalue weighted by atomic mass is 10.1. The Labute approximate surface area is 131 Å². The zero-order valence-corrected chi connectivity index (χ0v) is 13.0. The molecule has 0 saturated heterocycles. The summed E-state index contributed by atoms with van der Waals surface area (Å²) >= 11 is 3.39. The van der Waals surface area contributed by atoms with Gasteiger partial charge in [-0.25, -0.2) is 4.99 Å². The van der Waals surface area contributed by atoms with E-state index in [2.05, 4.69) is 26.2 Å². The standard InChI is InChI=1S/C17H13BrN2O/c1-11-4-2-3-5-14(11)16-19-15(17(21)20-16)10-12-6-8-13(18)9-7-12/h2-10H,1H3,(H,19,20,21)/b15-10+. The van der Waals surface area contributed by atoms with Gasteiger partial charge >= 0.3 is 0 Å². The number of carbonyl (C=O) groups excluding carboxylic acids is 1. The number of halogens is 1. The number of nitrogens with zero attached hydrogens (tertiary/aromatic N) is 1. The van der Waals surface area contributed by atoms with E-state index in [-0.39, 0.29) is 5.91 Å². The fraction of sp³-hybridized carbons (Fsp3) is 0.0588. The summed E-state index contributed by atoms with van der Waals surface area (Å²) in [5, 5.41) is 2.83. The van der Waals surface area contributed by atoms with Crippen LogP contribution in [-0.4, -0.2) is 11.7 Å². The average molecular weight is 341 g/mol. The number of hydrogen-bond acceptors (Lipinski definition) is 2. The van der Waals surface area contributed by atoms with E-state index in [0.717, 1.165) is 21.2 Å². The summed E-state index contributed by atoms with van der Waals surface area (Å²) < 4.78 is 1.00. The minimum atomic E-state index is -0.170. The van der Waals surface area contributed by atoms with Crippen LogP contribution in [-0.2, 0) is 4.79 Å². The fourth-order valence-corrected chi connectivity index (χ4v) is 2.42. The summed E-state index contributed by atoms with van der Waals surface area (Å²) in [4.78, 5) is 16.5. The van der Waals surface area contributed by atoms with Crippen molar-refractivity contribution >= 4 is 33.7 Å². The number of benzene rings is 2. The minimum Gasteiger partial charge on any atom is -0.305 e. The molecule has 2 aromatic rings. The molecule has 4 heteroatoms. The maximum atomic E-state index is 12.0. The highest BCUT2D eigenvalue weighted by Gasteiger charge is 2.21. The first-order valence-electron chi connectivity index (χ1n) is 6.57. The molecule has 0 radical (unpaired) electrons. The molecule has 0 aromatic heterocycles. The Morgan fingerprint density at radius 2 is 1.81 bits per heavy atom. The van der Waals surface area contributed by atoms with Crippen LogP contribution in [0.15, 0.2) is 63.7 Å². The first-order chi connectivity index (χ1) is 10.1. The number of nitrogens with one attached hydrogen (secondary N) is 1. The third kappa shape index (κ3) is 2.95. The third-order valence-electron chi connectivity index (χ3n) is 3.27. The van der Waals surface area contributed by atoms with E-state index >= 15 is 0 Å². The van der Waals surface area contributed by atoms with Gasteiger partial charge in [-0.15, -0.1) is 0 Å². The van der Waals surface area contributed by atoms with Gasteiger partial charge in [0, 0.05) is 10.0 Å². The highest BCUT2D eigenvalue weighted by atomic mass is 79.9. The Hall–Kier alpha value is -2.20. The molecular formula is C17H13BrN2O. The van der Waals surface area contributed by atoms with Crippen molar-refractivity contribution < 1.29 is 4.79 Å². The predicted molar refractivity (Wildman–Crippen MR) is 88.0 cm³/mol. The Balaban J connectivity index is 1.96. The Morgan fingerprint density at radius 1 is 1.10 bits per heavy atom. The zero-order valence-electron chi connectivity index (χ0n) is 11.4. The topological polar surface area (TPSA) is 41.5 Å². The number of carbonyl (C=O) groups is 1. The number of rotatable bonds is 2. The van der Waals surface area contributed by atoms with Gasteiger partial charge in [-0.2, -0.15) is 0 Å². The van der Waals surface area contributed by atoms with E-state index < -0.39 is 0 Å². The van der Waals surface area contributed by atoms with Crippen LogP contribution in [0.2, 0.25) is 0 Å². The Morgan fingerprint density at radius 3 is 2.52 bits per heavy atom. The molecule has 1 heterocycles. The predicted octanol–water partition coefficient (Wildman–Crippen LogP) is 3.68. The smallest absolute Gasteiger partial charge is 0.275 e. The minimum absolute atomic E-state index is 0.170. The lowest BCUT2D eigenvalue weighted by molar-refractivity contribution is -0.115. The summed E-state index contributed by atoms with van der Waals surface area (Å²) in [7, 11) is 0. The van der Waals surface area contributed by atoms with Crippen LogP contribution in [0.5, 0.6) is 0 Å². The molecule has 0 fully saturated rings. The van der Waals surface area contributed by atoms with Gasteiger partial charge in [-0.3, -0.25) is 4.79 Å². The number of amidine groups is 1. The molecule has 3 nitrogen and oxygen atoms in total. The second-order valence-electron chi connectivity index (χ2n) is 4.81. The lowest BCUT2D eigenvalue weighted by Crippen LogP contribution is -2.25. The van der Waals surface area contributed by atoms with Crippen LogP contribution >= 0.6 is 15.9 Å². The number of aryl methyl sites for hydroxylation is 1. The second kappa shape index (κ2) is 5.66. The van der Waals surface area contributed by atoms with Gasteiger partial charge in [0.25, 0.3) is 5.91 Å². The number of amides is 1. The third-order valence-corrected chi connectivity index (χ3v) is 3.80. The first-order valence-corrected chi connectivity index (χ1v) is 7.36. The van der Waals surface area contributed by atoms with Gasteiger partial charge in [-0.1, -0.05) is 52.3 Å². The second-order valence-corrected chi connectivity index (χ2v) is 5.73. The molecule has 1 N–H and O–H groups in total. The van der Waals surface area contributed by atoms with E-state index in [1.54, 1.807) is 6.08 Å². The maximum Gasteiger partial charge on any atom is 0.275 e. The van der Waals surface area contributed by atoms with E-state index in [4.69, 9.17) is 0 Å². The van der Waals surface area contributed by atoms with Crippen LogP contribution in [0.4, 0.5) is 0 Å². The van der Waals surface area contributed by atoms with E-state index in [0.29, 0.717) is 11.5 Å². The molecule has 1 aliphatic heterocycles. The van der Waals surface area contributed by atoms with Gasteiger partial charge in [0.1, 0.15) is 11.5 Å². The SMILES string of the molecule is Cc1ccccc1C1=N/C(=C/c2ccc(Br)cc2)C(=O)N1. The molecule has 0 bridgehead atoms. The molecule has 21 heavy (non-hydrogen) atoms. The van der Waals surface area contributed by atoms with Gasteiger partial charge in [0.05, 0.1) is 0 Å². The molecule has 0 spiro atoms. The molecule has 1 amide bonds. The van der Waals surface area contributed by atoms with E-state index in [1.165, 1.54) is 0 Å². The van der Waals surface area contributed by atoms with Crippen molar-refractivity contribution in [3.05, 3.63) is 75.4 Å². The largest absolute Gasteiger partial charge is 0.305 e. The molecular weight excluding hydrogens is 328 g/mol. The summed E-state index contributed by atoms with van der Waals surface area (Å²) in [6, 6.07) is 15.6. The van der Waals surface area contributed by atoms with Gasteiger partial charge in [-0.05, 0) is 36.3 Å². The van der Waals surface area contributed by atoms with E-state index in [9.17, 15) is 4.79 Å². The zero-order chi connectivity index (χ0) is 14.8. The van der Waals surface area contributed by atoms with Gasteiger partial charge in [0.2, 0.25) is 0 Å². The average Bonchev–Trinajstić information content (AvgIpc) is 2.83. The molecule has 0 saturated carbocycles. The van der Waals surface area contributed by atoms with Crippen molar-refractivity contribution in [2.45, 2.75) is 6.92 Å². The molecule has 0 atom stereocenters. The first kappa shape index (κ1) is 13.8. The van der Waals surface area contributed by atoms with Crippen molar-refractivity contribution in [3.8, 4) is 0 Å². The molecule has 0 unspecified atom stereocenters. The van der Waals surface area contributed by atoms with Crippen molar-refractivity contribution in [2.75, 3.05) is 0 Å². The molecule has 3 rings (SSSR count). The molecule has 0 aliphatic carbocycles. The van der Waals surface area contributed by atoms with Gasteiger partial charge < -0.3 is 5.32 Å². The molecule has 1 aliphatic rings. The molecule has 104 valence electrons. The number of hydrogen-bond donors (Lipinski definition) is 1. The van der Waals surface area contributed by atoms with Crippen molar-refractivity contribution in [1.29, 1.82) is 0 Å². The lowest BCUT2D eigenvalue weighted by Gasteiger charge is -2.03. The number of aliphatic imine (C=N–C) groups is 1. The molecule has 2 aromatic carbocycles. The van der Waals surface area contributed by atoms with E-state index in [1.807, 2.05) is 55.5 Å². The van der Waals surface area contributed by atoms with Crippen molar-refractivity contribution in [3.63, 3.8) is 0 Å². The summed E-state index contributed by atoms with van der Waals surface area (Å²) in [6.45, 7) is 2.00. The summed E-state index contributed by atoms with van der Waals surface area (Å²) in [6.07, 6.45) is 1.78. The quantitative estimate of drug-likeness (QED) is 0.832. The van der Waals surface area contributed by atoms with Crippen LogP contribution in [0.25, 0.3) is 6.08 Å². The Kier molecular flexibility index (Phi) is 3.71. The Bertz CT molecular complexity index is 761. The highest BCUT2D eigenvalue weighted by Crippen LogP contribution is 2.18. The van der Waals surface area contributed by atoms with Crippen LogP contribution in [0.1, 0.15) is 16.7 Å². The normalized spacial score (nSPS) is 16.0. The summed E-state index contributed by atoms with van der Waals surface area (Å²) in [5.74, 6) is 0.442. The maximum absolute atomic E-state index is 12.0. The van der Waals surface area contributed by atoms with Crippen LogP contribution in [0, 0.1) is 6.92 Å². The van der Waals surface area contributed by atoms with Crippen molar-refractivity contribution in [2.24, 2.45) is 4.99 Å². The monoisotopic (exact) mass is 340 g/mol. The van der Waals surface area contributed by atoms with Crippen LogP contribution < -0.4 is 5.32 Å².